The molecule has 0 unspecified atom stereocenters. The van der Waals surface area contributed by atoms with Crippen LogP contribution < -0.4 is 14.8 Å². The van der Waals surface area contributed by atoms with Gasteiger partial charge in [-0.05, 0) is 29.8 Å². The van der Waals surface area contributed by atoms with E-state index < -0.39 is 5.97 Å². The van der Waals surface area contributed by atoms with Gasteiger partial charge in [-0.1, -0.05) is 18.2 Å². The van der Waals surface area contributed by atoms with Gasteiger partial charge in [0.15, 0.2) is 0 Å². The van der Waals surface area contributed by atoms with E-state index in [2.05, 4.69) is 5.32 Å². The average Bonchev–Trinajstić information content (AvgIpc) is 2.65. The highest BCUT2D eigenvalue weighted by Crippen LogP contribution is 2.21. The lowest BCUT2D eigenvalue weighted by Gasteiger charge is -2.11. The molecule has 0 radical (unpaired) electrons. The van der Waals surface area contributed by atoms with E-state index in [0.29, 0.717) is 22.6 Å². The molecule has 0 bridgehead atoms. The van der Waals surface area contributed by atoms with E-state index in [9.17, 15) is 9.59 Å². The molecule has 24 heavy (non-hydrogen) atoms. The minimum absolute atomic E-state index is 0.255. The summed E-state index contributed by atoms with van der Waals surface area (Å²) in [5, 5.41) is 2.80. The number of benzene rings is 2. The van der Waals surface area contributed by atoms with Crippen LogP contribution in [0.1, 0.15) is 26.3 Å². The van der Waals surface area contributed by atoms with E-state index in [4.69, 9.17) is 14.2 Å². The molecule has 6 heteroatoms. The van der Waals surface area contributed by atoms with Gasteiger partial charge in [0.2, 0.25) is 0 Å². The molecule has 2 aromatic rings. The number of esters is 1. The average molecular weight is 329 g/mol. The van der Waals surface area contributed by atoms with E-state index in [0.717, 1.165) is 5.56 Å². The molecule has 1 amide bonds. The third-order valence-corrected chi connectivity index (χ3v) is 3.47. The van der Waals surface area contributed by atoms with Crippen molar-refractivity contribution < 1.29 is 23.8 Å². The van der Waals surface area contributed by atoms with Gasteiger partial charge in [-0.2, -0.15) is 0 Å². The SMILES string of the molecule is COC(=O)c1cc(CNC(=O)c2ccccc2OC)ccc1OC. The number of carbonyl (C=O) groups is 2. The zero-order valence-electron chi connectivity index (χ0n) is 13.8. The van der Waals surface area contributed by atoms with Gasteiger partial charge in [0.25, 0.3) is 5.91 Å². The lowest BCUT2D eigenvalue weighted by atomic mass is 10.1. The fourth-order valence-electron chi connectivity index (χ4n) is 2.24. The summed E-state index contributed by atoms with van der Waals surface area (Å²) in [5.41, 5.74) is 1.50. The van der Waals surface area contributed by atoms with E-state index in [1.165, 1.54) is 21.3 Å². The Kier molecular flexibility index (Phi) is 5.78. The molecule has 6 nitrogen and oxygen atoms in total. The largest absolute Gasteiger partial charge is 0.496 e. The normalized spacial score (nSPS) is 9.96. The molecular formula is C18H19NO5. The Bertz CT molecular complexity index is 742. The van der Waals surface area contributed by atoms with Crippen molar-refractivity contribution >= 4 is 11.9 Å². The van der Waals surface area contributed by atoms with Crippen LogP contribution in [0, 0.1) is 0 Å². The lowest BCUT2D eigenvalue weighted by molar-refractivity contribution is 0.0597. The summed E-state index contributed by atoms with van der Waals surface area (Å²) in [6.45, 7) is 0.255. The second-order valence-electron chi connectivity index (χ2n) is 4.91. The number of hydrogen-bond acceptors (Lipinski definition) is 5. The van der Waals surface area contributed by atoms with Crippen LogP contribution in [0.4, 0.5) is 0 Å². The number of nitrogens with one attached hydrogen (secondary N) is 1. The molecule has 1 N–H and O–H groups in total. The first-order valence-electron chi connectivity index (χ1n) is 7.27. The van der Waals surface area contributed by atoms with Crippen LogP contribution in [0.5, 0.6) is 11.5 Å². The second-order valence-corrected chi connectivity index (χ2v) is 4.91. The first-order chi connectivity index (χ1) is 11.6. The van der Waals surface area contributed by atoms with Crippen molar-refractivity contribution in [2.45, 2.75) is 6.54 Å². The standard InChI is InChI=1S/C18H19NO5/c1-22-15-7-5-4-6-13(15)17(20)19-11-12-8-9-16(23-2)14(10-12)18(21)24-3/h4-10H,11H2,1-3H3,(H,19,20). The van der Waals surface area contributed by atoms with Crippen LogP contribution in [0.15, 0.2) is 42.5 Å². The minimum Gasteiger partial charge on any atom is -0.496 e. The van der Waals surface area contributed by atoms with Crippen molar-refractivity contribution in [3.05, 3.63) is 59.2 Å². The van der Waals surface area contributed by atoms with Crippen LogP contribution in [0.25, 0.3) is 0 Å². The fourth-order valence-corrected chi connectivity index (χ4v) is 2.24. The van der Waals surface area contributed by atoms with Gasteiger partial charge in [-0.25, -0.2) is 4.79 Å². The summed E-state index contributed by atoms with van der Waals surface area (Å²) in [5.74, 6) is 0.161. The van der Waals surface area contributed by atoms with Gasteiger partial charge in [-0.15, -0.1) is 0 Å². The molecule has 0 saturated carbocycles. The highest BCUT2D eigenvalue weighted by atomic mass is 16.5. The monoisotopic (exact) mass is 329 g/mol. The molecule has 0 aliphatic rings. The topological polar surface area (TPSA) is 73.9 Å². The summed E-state index contributed by atoms with van der Waals surface area (Å²) >= 11 is 0. The Labute approximate surface area is 140 Å². The molecule has 0 spiro atoms. The molecule has 0 fully saturated rings. The summed E-state index contributed by atoms with van der Waals surface area (Å²) < 4.78 is 15.1. The van der Waals surface area contributed by atoms with Gasteiger partial charge in [0.05, 0.1) is 26.9 Å². The predicted molar refractivity (Wildman–Crippen MR) is 88.5 cm³/mol. The number of methoxy groups -OCH3 is 3. The maximum Gasteiger partial charge on any atom is 0.341 e. The molecule has 0 heterocycles. The number of carbonyl (C=O) groups excluding carboxylic acids is 2. The smallest absolute Gasteiger partial charge is 0.341 e. The van der Waals surface area contributed by atoms with Gasteiger partial charge in [0.1, 0.15) is 17.1 Å². The molecule has 2 aromatic carbocycles. The van der Waals surface area contributed by atoms with E-state index in [1.54, 1.807) is 42.5 Å². The molecule has 126 valence electrons. The van der Waals surface area contributed by atoms with Crippen molar-refractivity contribution in [2.75, 3.05) is 21.3 Å². The highest BCUT2D eigenvalue weighted by Gasteiger charge is 2.15. The zero-order chi connectivity index (χ0) is 17.5. The van der Waals surface area contributed by atoms with Gasteiger partial charge in [0, 0.05) is 6.54 Å². The molecule has 0 saturated heterocycles. The Morgan fingerprint density at radius 2 is 1.58 bits per heavy atom. The Morgan fingerprint density at radius 1 is 0.917 bits per heavy atom. The fraction of sp³-hybridized carbons (Fsp3) is 0.222. The maximum atomic E-state index is 12.3. The van der Waals surface area contributed by atoms with Gasteiger partial charge in [-0.3, -0.25) is 4.79 Å². The quantitative estimate of drug-likeness (QED) is 0.824. The molecule has 0 atom stereocenters. The molecular weight excluding hydrogens is 310 g/mol. The number of ether oxygens (including phenoxy) is 3. The van der Waals surface area contributed by atoms with Crippen LogP contribution in [-0.4, -0.2) is 33.2 Å². The third-order valence-electron chi connectivity index (χ3n) is 3.47. The number of rotatable bonds is 6. The number of amides is 1. The summed E-state index contributed by atoms with van der Waals surface area (Å²) in [7, 11) is 4.29. The summed E-state index contributed by atoms with van der Waals surface area (Å²) in [6.07, 6.45) is 0. The Hall–Kier alpha value is -3.02. The van der Waals surface area contributed by atoms with Crippen molar-refractivity contribution in [3.8, 4) is 11.5 Å². The zero-order valence-corrected chi connectivity index (χ0v) is 13.8. The van der Waals surface area contributed by atoms with E-state index in [1.807, 2.05) is 0 Å². The van der Waals surface area contributed by atoms with Crippen molar-refractivity contribution in [2.24, 2.45) is 0 Å². The summed E-state index contributed by atoms with van der Waals surface area (Å²) in [4.78, 5) is 24.1. The van der Waals surface area contributed by atoms with Crippen molar-refractivity contribution in [3.63, 3.8) is 0 Å². The molecule has 2 rings (SSSR count). The maximum absolute atomic E-state index is 12.3. The minimum atomic E-state index is -0.496. The van der Waals surface area contributed by atoms with Crippen molar-refractivity contribution in [1.82, 2.24) is 5.32 Å². The Morgan fingerprint density at radius 3 is 2.25 bits per heavy atom. The Balaban J connectivity index is 2.14. The van der Waals surface area contributed by atoms with E-state index >= 15 is 0 Å². The predicted octanol–water partition coefficient (Wildman–Crippen LogP) is 2.42. The lowest BCUT2D eigenvalue weighted by Crippen LogP contribution is -2.23. The van der Waals surface area contributed by atoms with Crippen LogP contribution in [-0.2, 0) is 11.3 Å². The highest BCUT2D eigenvalue weighted by molar-refractivity contribution is 5.97. The first kappa shape index (κ1) is 17.3. The number of hydrogen-bond donors (Lipinski definition) is 1. The number of para-hydroxylation sites is 1. The molecule has 0 aromatic heterocycles. The first-order valence-corrected chi connectivity index (χ1v) is 7.27. The molecule has 0 aliphatic heterocycles. The van der Waals surface area contributed by atoms with Gasteiger partial charge >= 0.3 is 5.97 Å². The van der Waals surface area contributed by atoms with Crippen LogP contribution in [0.2, 0.25) is 0 Å². The molecule has 0 aliphatic carbocycles. The van der Waals surface area contributed by atoms with Crippen LogP contribution >= 0.6 is 0 Å². The van der Waals surface area contributed by atoms with Gasteiger partial charge < -0.3 is 19.5 Å². The van der Waals surface area contributed by atoms with Crippen LogP contribution in [0.3, 0.4) is 0 Å². The van der Waals surface area contributed by atoms with Crippen molar-refractivity contribution in [1.29, 1.82) is 0 Å². The van der Waals surface area contributed by atoms with E-state index in [-0.39, 0.29) is 12.5 Å². The third kappa shape index (κ3) is 3.84. The second kappa shape index (κ2) is 8.01. The summed E-state index contributed by atoms with van der Waals surface area (Å²) in [6, 6.07) is 12.0.